The van der Waals surface area contributed by atoms with E-state index in [4.69, 9.17) is 0 Å². The fraction of sp³-hybridized carbons (Fsp3) is 0.100. The maximum Gasteiger partial charge on any atom is 0.273 e. The van der Waals surface area contributed by atoms with Gasteiger partial charge in [0.15, 0.2) is 11.6 Å². The Hall–Kier alpha value is -2.82. The summed E-state index contributed by atoms with van der Waals surface area (Å²) in [6.45, 7) is 0.525. The number of rotatable bonds is 3. The third-order valence-corrected chi connectivity index (χ3v) is 3.95. The molecule has 0 saturated carbocycles. The van der Waals surface area contributed by atoms with E-state index in [0.29, 0.717) is 12.5 Å². The van der Waals surface area contributed by atoms with Crippen LogP contribution < -0.4 is 0 Å². The third-order valence-electron chi connectivity index (χ3n) is 3.95. The quantitative estimate of drug-likeness (QED) is 0.567. The van der Waals surface area contributed by atoms with Crippen molar-refractivity contribution in [1.29, 1.82) is 0 Å². The fourth-order valence-electron chi connectivity index (χ4n) is 2.61. The summed E-state index contributed by atoms with van der Waals surface area (Å²) in [5.41, 5.74) is 1.00. The Morgan fingerprint density at radius 1 is 0.680 bits per heavy atom. The van der Waals surface area contributed by atoms with Gasteiger partial charge in [-0.05, 0) is 34.9 Å². The highest BCUT2D eigenvalue weighted by Gasteiger charge is 2.30. The van der Waals surface area contributed by atoms with Crippen molar-refractivity contribution < 1.29 is 22.7 Å². The number of phenols is 1. The molecule has 25 heavy (non-hydrogen) atoms. The average Bonchev–Trinajstić information content (AvgIpc) is 2.57. The zero-order valence-electron chi connectivity index (χ0n) is 13.2. The van der Waals surface area contributed by atoms with Gasteiger partial charge in [0.2, 0.25) is 0 Å². The second-order valence-electron chi connectivity index (χ2n) is 5.80. The summed E-state index contributed by atoms with van der Waals surface area (Å²) in [6.07, 6.45) is 0. The Morgan fingerprint density at radius 3 is 1.68 bits per heavy atom. The number of benzene rings is 3. The molecular weight excluding hydrogens is 332 g/mol. The summed E-state index contributed by atoms with van der Waals surface area (Å²) in [7, 11) is 0. The Kier molecular flexibility index (Phi) is 4.25. The van der Waals surface area contributed by atoms with Gasteiger partial charge < -0.3 is 5.11 Å². The normalized spacial score (nSPS) is 11.6. The molecule has 0 aliphatic carbocycles. The SMILES string of the molecule is CC(F)(F)c1ccc(-c2ccc(-c3ccc(O)cc3)cc2)c(F)c1F. The Bertz CT molecular complexity index is 895. The van der Waals surface area contributed by atoms with Crippen LogP contribution in [0.4, 0.5) is 17.6 Å². The van der Waals surface area contributed by atoms with Crippen LogP contribution >= 0.6 is 0 Å². The zero-order valence-corrected chi connectivity index (χ0v) is 13.2. The first-order valence-electron chi connectivity index (χ1n) is 7.53. The Morgan fingerprint density at radius 2 is 1.16 bits per heavy atom. The van der Waals surface area contributed by atoms with E-state index in [2.05, 4.69) is 0 Å². The molecule has 128 valence electrons. The minimum absolute atomic E-state index is 0.0808. The molecule has 0 amide bonds. The van der Waals surface area contributed by atoms with E-state index in [0.717, 1.165) is 23.3 Å². The van der Waals surface area contributed by atoms with Crippen LogP contribution in [0.25, 0.3) is 22.3 Å². The molecule has 0 saturated heterocycles. The lowest BCUT2D eigenvalue weighted by Gasteiger charge is -2.14. The molecule has 3 rings (SSSR count). The Labute approximate surface area is 142 Å². The maximum absolute atomic E-state index is 14.2. The van der Waals surface area contributed by atoms with Gasteiger partial charge in [-0.1, -0.05) is 42.5 Å². The maximum atomic E-state index is 14.2. The minimum Gasteiger partial charge on any atom is -0.508 e. The van der Waals surface area contributed by atoms with Crippen molar-refractivity contribution in [1.82, 2.24) is 0 Å². The van der Waals surface area contributed by atoms with Crippen molar-refractivity contribution in [3.05, 3.63) is 77.9 Å². The largest absolute Gasteiger partial charge is 0.508 e. The molecule has 0 radical (unpaired) electrons. The molecule has 3 aromatic carbocycles. The van der Waals surface area contributed by atoms with Crippen LogP contribution in [0.5, 0.6) is 5.75 Å². The molecule has 1 N–H and O–H groups in total. The molecule has 3 aromatic rings. The van der Waals surface area contributed by atoms with Gasteiger partial charge in [-0.25, -0.2) is 17.6 Å². The number of aromatic hydroxyl groups is 1. The van der Waals surface area contributed by atoms with Gasteiger partial charge in [-0.15, -0.1) is 0 Å². The second kappa shape index (κ2) is 6.24. The predicted octanol–water partition coefficient (Wildman–Crippen LogP) is 6.12. The summed E-state index contributed by atoms with van der Waals surface area (Å²) in [6, 6.07) is 15.2. The smallest absolute Gasteiger partial charge is 0.273 e. The monoisotopic (exact) mass is 346 g/mol. The standard InChI is InChI=1S/C20H14F4O/c1-20(23,24)17-11-10-16(18(21)19(17)22)14-4-2-12(3-5-14)13-6-8-15(25)9-7-13/h2-11,25H,1H3. The van der Waals surface area contributed by atoms with Crippen LogP contribution in [0.1, 0.15) is 12.5 Å². The van der Waals surface area contributed by atoms with Gasteiger partial charge in [0.1, 0.15) is 5.75 Å². The van der Waals surface area contributed by atoms with Gasteiger partial charge in [-0.2, -0.15) is 0 Å². The number of hydrogen-bond acceptors (Lipinski definition) is 1. The molecule has 0 unspecified atom stereocenters. The lowest BCUT2D eigenvalue weighted by molar-refractivity contribution is 0.0131. The van der Waals surface area contributed by atoms with E-state index in [1.165, 1.54) is 0 Å². The number of halogens is 4. The number of hydrogen-bond donors (Lipinski definition) is 1. The van der Waals surface area contributed by atoms with E-state index in [1.54, 1.807) is 48.5 Å². The van der Waals surface area contributed by atoms with Gasteiger partial charge in [0, 0.05) is 12.5 Å². The van der Waals surface area contributed by atoms with Crippen molar-refractivity contribution in [3.63, 3.8) is 0 Å². The van der Waals surface area contributed by atoms with Crippen LogP contribution in [-0.4, -0.2) is 5.11 Å². The molecule has 5 heteroatoms. The predicted molar refractivity (Wildman–Crippen MR) is 88.5 cm³/mol. The van der Waals surface area contributed by atoms with E-state index < -0.39 is 23.1 Å². The molecule has 0 bridgehead atoms. The van der Waals surface area contributed by atoms with Gasteiger partial charge in [-0.3, -0.25) is 0 Å². The van der Waals surface area contributed by atoms with Gasteiger partial charge >= 0.3 is 0 Å². The molecular formula is C20H14F4O. The first-order chi connectivity index (χ1) is 11.8. The summed E-state index contributed by atoms with van der Waals surface area (Å²) in [5.74, 6) is -6.14. The van der Waals surface area contributed by atoms with E-state index in [1.807, 2.05) is 0 Å². The van der Waals surface area contributed by atoms with Crippen LogP contribution in [-0.2, 0) is 5.92 Å². The topological polar surface area (TPSA) is 20.2 Å². The highest BCUT2D eigenvalue weighted by molar-refractivity contribution is 5.71. The lowest BCUT2D eigenvalue weighted by atomic mass is 9.98. The molecule has 0 aliphatic rings. The van der Waals surface area contributed by atoms with Crippen LogP contribution in [0, 0.1) is 11.6 Å². The minimum atomic E-state index is -3.45. The van der Waals surface area contributed by atoms with Gasteiger partial charge in [0.05, 0.1) is 5.56 Å². The second-order valence-corrected chi connectivity index (χ2v) is 5.80. The molecule has 0 atom stereocenters. The van der Waals surface area contributed by atoms with Crippen LogP contribution in [0.15, 0.2) is 60.7 Å². The molecule has 0 aromatic heterocycles. The molecule has 0 spiro atoms. The molecule has 0 aliphatic heterocycles. The van der Waals surface area contributed by atoms with Crippen molar-refractivity contribution >= 4 is 0 Å². The summed E-state index contributed by atoms with van der Waals surface area (Å²) >= 11 is 0. The Balaban J connectivity index is 1.98. The summed E-state index contributed by atoms with van der Waals surface area (Å²) in [5, 5.41) is 9.30. The summed E-state index contributed by atoms with van der Waals surface area (Å²) in [4.78, 5) is 0. The number of alkyl halides is 2. The highest BCUT2D eigenvalue weighted by Crippen LogP contribution is 2.35. The van der Waals surface area contributed by atoms with E-state index in [9.17, 15) is 22.7 Å². The fourth-order valence-corrected chi connectivity index (χ4v) is 2.61. The van der Waals surface area contributed by atoms with Crippen molar-refractivity contribution in [2.75, 3.05) is 0 Å². The van der Waals surface area contributed by atoms with E-state index >= 15 is 0 Å². The highest BCUT2D eigenvalue weighted by atomic mass is 19.3. The molecule has 1 nitrogen and oxygen atoms in total. The van der Waals surface area contributed by atoms with Crippen molar-refractivity contribution in [2.45, 2.75) is 12.8 Å². The average molecular weight is 346 g/mol. The van der Waals surface area contributed by atoms with Crippen LogP contribution in [0.3, 0.4) is 0 Å². The van der Waals surface area contributed by atoms with Crippen molar-refractivity contribution in [2.24, 2.45) is 0 Å². The lowest BCUT2D eigenvalue weighted by Crippen LogP contribution is -2.11. The number of phenolic OH excluding ortho intramolecular Hbond substituents is 1. The zero-order chi connectivity index (χ0) is 18.2. The van der Waals surface area contributed by atoms with Gasteiger partial charge in [0.25, 0.3) is 5.92 Å². The van der Waals surface area contributed by atoms with E-state index in [-0.39, 0.29) is 11.3 Å². The summed E-state index contributed by atoms with van der Waals surface area (Å²) < 4.78 is 54.7. The van der Waals surface area contributed by atoms with Crippen LogP contribution in [0.2, 0.25) is 0 Å². The molecule has 0 fully saturated rings. The molecule has 0 heterocycles. The first-order valence-corrected chi connectivity index (χ1v) is 7.53. The van der Waals surface area contributed by atoms with Crippen molar-refractivity contribution in [3.8, 4) is 28.0 Å². The third kappa shape index (κ3) is 3.36. The first kappa shape index (κ1) is 17.0.